The van der Waals surface area contributed by atoms with Crippen LogP contribution in [0.25, 0.3) is 0 Å². The highest BCUT2D eigenvalue weighted by Crippen LogP contribution is 2.21. The van der Waals surface area contributed by atoms with Crippen LogP contribution in [0.15, 0.2) is 0 Å². The molecule has 0 radical (unpaired) electrons. The lowest BCUT2D eigenvalue weighted by molar-refractivity contribution is 0.337. The second-order valence-corrected chi connectivity index (χ2v) is 7.25. The Morgan fingerprint density at radius 3 is 2.00 bits per heavy atom. The van der Waals surface area contributed by atoms with E-state index in [1.807, 2.05) is 20.8 Å². The molecule has 1 aliphatic rings. The summed E-state index contributed by atoms with van der Waals surface area (Å²) in [6.07, 6.45) is 3.20. The molecule has 0 aromatic heterocycles. The van der Waals surface area contributed by atoms with Crippen LogP contribution in [-0.2, 0) is 10.0 Å². The fraction of sp³-hybridized carbons (Fsp3) is 1.00. The summed E-state index contributed by atoms with van der Waals surface area (Å²) in [7, 11) is -3.01. The van der Waals surface area contributed by atoms with Crippen LogP contribution in [0.1, 0.15) is 40.0 Å². The number of sulfonamides is 1. The second kappa shape index (κ2) is 4.19. The molecule has 0 unspecified atom stereocenters. The van der Waals surface area contributed by atoms with Crippen molar-refractivity contribution in [3.05, 3.63) is 0 Å². The minimum atomic E-state index is -3.01. The van der Waals surface area contributed by atoms with Crippen molar-refractivity contribution in [3.63, 3.8) is 0 Å². The topological polar surface area (TPSA) is 37.4 Å². The summed E-state index contributed by atoms with van der Waals surface area (Å²) >= 11 is 0. The normalized spacial score (nSPS) is 21.1. The van der Waals surface area contributed by atoms with E-state index in [0.717, 1.165) is 25.9 Å². The number of hydrogen-bond donors (Lipinski definition) is 0. The summed E-state index contributed by atoms with van der Waals surface area (Å²) in [6, 6.07) is 0. The molecule has 4 heteroatoms. The molecule has 0 spiro atoms. The summed E-state index contributed by atoms with van der Waals surface area (Å²) < 4.78 is 25.5. The van der Waals surface area contributed by atoms with E-state index in [2.05, 4.69) is 0 Å². The largest absolute Gasteiger partial charge is 0.214 e. The van der Waals surface area contributed by atoms with Crippen LogP contribution in [0.2, 0.25) is 0 Å². The van der Waals surface area contributed by atoms with Gasteiger partial charge in [-0.15, -0.1) is 0 Å². The van der Waals surface area contributed by atoms with Gasteiger partial charge in [-0.2, -0.15) is 0 Å². The smallest absolute Gasteiger partial charge is 0.212 e. The Morgan fingerprint density at radius 2 is 1.57 bits per heavy atom. The number of hydrogen-bond acceptors (Lipinski definition) is 2. The molecule has 1 aliphatic heterocycles. The van der Waals surface area contributed by atoms with Crippen molar-refractivity contribution in [2.75, 3.05) is 18.8 Å². The molecule has 0 aromatic carbocycles. The van der Waals surface area contributed by atoms with E-state index in [0.29, 0.717) is 0 Å². The molecule has 0 saturated carbocycles. The van der Waals surface area contributed by atoms with E-state index in [1.165, 1.54) is 6.42 Å². The van der Waals surface area contributed by atoms with Crippen molar-refractivity contribution >= 4 is 10.0 Å². The summed E-state index contributed by atoms with van der Waals surface area (Å²) in [5.41, 5.74) is -0.143. The highest BCUT2D eigenvalue weighted by molar-refractivity contribution is 7.89. The molecule has 0 bridgehead atoms. The fourth-order valence-corrected chi connectivity index (χ4v) is 3.87. The standard InChI is InChI=1S/C10H21NO2S/c1-10(2,3)9-14(12,13)11-7-5-4-6-8-11/h4-9H2,1-3H3. The quantitative estimate of drug-likeness (QED) is 0.711. The van der Waals surface area contributed by atoms with Gasteiger partial charge in [0.2, 0.25) is 10.0 Å². The molecule has 3 nitrogen and oxygen atoms in total. The van der Waals surface area contributed by atoms with Gasteiger partial charge in [-0.05, 0) is 18.3 Å². The molecule has 1 rings (SSSR count). The van der Waals surface area contributed by atoms with Crippen LogP contribution in [0.3, 0.4) is 0 Å². The first-order chi connectivity index (χ1) is 6.31. The number of rotatable bonds is 2. The minimum absolute atomic E-state index is 0.143. The number of nitrogens with zero attached hydrogens (tertiary/aromatic N) is 1. The molecule has 0 atom stereocenters. The molecule has 14 heavy (non-hydrogen) atoms. The van der Waals surface area contributed by atoms with Gasteiger partial charge in [-0.1, -0.05) is 27.2 Å². The first kappa shape index (κ1) is 12.0. The van der Waals surface area contributed by atoms with Crippen molar-refractivity contribution in [3.8, 4) is 0 Å². The average Bonchev–Trinajstić information content (AvgIpc) is 2.01. The highest BCUT2D eigenvalue weighted by Gasteiger charge is 2.28. The van der Waals surface area contributed by atoms with Crippen LogP contribution in [-0.4, -0.2) is 31.6 Å². The molecule has 1 fully saturated rings. The van der Waals surface area contributed by atoms with Crippen LogP contribution in [0.5, 0.6) is 0 Å². The van der Waals surface area contributed by atoms with Crippen molar-refractivity contribution < 1.29 is 8.42 Å². The zero-order chi connectivity index (χ0) is 10.8. The summed E-state index contributed by atoms with van der Waals surface area (Å²) in [6.45, 7) is 7.34. The van der Waals surface area contributed by atoms with Crippen LogP contribution < -0.4 is 0 Å². The minimum Gasteiger partial charge on any atom is -0.212 e. The fourth-order valence-electron chi connectivity index (χ4n) is 1.78. The Hall–Kier alpha value is -0.0900. The third-order valence-corrected chi connectivity index (χ3v) is 4.71. The SMILES string of the molecule is CC(C)(C)CS(=O)(=O)N1CCCCC1. The van der Waals surface area contributed by atoms with E-state index < -0.39 is 10.0 Å². The van der Waals surface area contributed by atoms with E-state index >= 15 is 0 Å². The van der Waals surface area contributed by atoms with Crippen LogP contribution >= 0.6 is 0 Å². The van der Waals surface area contributed by atoms with Gasteiger partial charge in [0.1, 0.15) is 0 Å². The predicted molar refractivity (Wildman–Crippen MR) is 58.7 cm³/mol. The van der Waals surface area contributed by atoms with E-state index in [4.69, 9.17) is 0 Å². The Bertz CT molecular complexity index is 271. The molecule has 0 N–H and O–H groups in total. The van der Waals surface area contributed by atoms with E-state index in [1.54, 1.807) is 4.31 Å². The van der Waals surface area contributed by atoms with Crippen molar-refractivity contribution in [1.82, 2.24) is 4.31 Å². The van der Waals surface area contributed by atoms with Gasteiger partial charge in [0, 0.05) is 13.1 Å². The molecular formula is C10H21NO2S. The molecule has 1 saturated heterocycles. The lowest BCUT2D eigenvalue weighted by atomic mass is 10.0. The average molecular weight is 219 g/mol. The molecular weight excluding hydrogens is 198 g/mol. The molecule has 0 aromatic rings. The Kier molecular flexibility index (Phi) is 3.58. The maximum Gasteiger partial charge on any atom is 0.214 e. The maximum absolute atomic E-state index is 11.9. The van der Waals surface area contributed by atoms with Gasteiger partial charge in [0.25, 0.3) is 0 Å². The first-order valence-electron chi connectivity index (χ1n) is 5.29. The molecule has 84 valence electrons. The molecule has 0 aliphatic carbocycles. The number of piperidine rings is 1. The summed E-state index contributed by atoms with van der Waals surface area (Å²) in [5, 5.41) is 0. The predicted octanol–water partition coefficient (Wildman–Crippen LogP) is 1.85. The summed E-state index contributed by atoms with van der Waals surface area (Å²) in [5.74, 6) is 0.264. The van der Waals surface area contributed by atoms with E-state index in [9.17, 15) is 8.42 Å². The van der Waals surface area contributed by atoms with Gasteiger partial charge in [-0.25, -0.2) is 12.7 Å². The Morgan fingerprint density at radius 1 is 1.07 bits per heavy atom. The van der Waals surface area contributed by atoms with Gasteiger partial charge in [0.05, 0.1) is 5.75 Å². The van der Waals surface area contributed by atoms with Gasteiger partial charge < -0.3 is 0 Å². The van der Waals surface area contributed by atoms with Crippen LogP contribution in [0, 0.1) is 5.41 Å². The van der Waals surface area contributed by atoms with Crippen LogP contribution in [0.4, 0.5) is 0 Å². The van der Waals surface area contributed by atoms with Crippen molar-refractivity contribution in [2.24, 2.45) is 5.41 Å². The highest BCUT2D eigenvalue weighted by atomic mass is 32.2. The molecule has 0 amide bonds. The van der Waals surface area contributed by atoms with Gasteiger partial charge >= 0.3 is 0 Å². The third kappa shape index (κ3) is 3.58. The van der Waals surface area contributed by atoms with Crippen molar-refractivity contribution in [2.45, 2.75) is 40.0 Å². The second-order valence-electron chi connectivity index (χ2n) is 5.28. The van der Waals surface area contributed by atoms with Gasteiger partial charge in [0.15, 0.2) is 0 Å². The zero-order valence-corrected chi connectivity index (χ0v) is 10.2. The lowest BCUT2D eigenvalue weighted by Crippen LogP contribution is -2.40. The monoisotopic (exact) mass is 219 g/mol. The van der Waals surface area contributed by atoms with Gasteiger partial charge in [-0.3, -0.25) is 0 Å². The van der Waals surface area contributed by atoms with E-state index in [-0.39, 0.29) is 11.2 Å². The maximum atomic E-state index is 11.9. The zero-order valence-electron chi connectivity index (χ0n) is 9.41. The molecule has 1 heterocycles. The lowest BCUT2D eigenvalue weighted by Gasteiger charge is -2.29. The summed E-state index contributed by atoms with van der Waals surface area (Å²) in [4.78, 5) is 0. The first-order valence-corrected chi connectivity index (χ1v) is 6.90. The Balaban J connectivity index is 2.64. The Labute approximate surface area is 87.5 Å². The third-order valence-electron chi connectivity index (χ3n) is 2.32. The van der Waals surface area contributed by atoms with Crippen molar-refractivity contribution in [1.29, 1.82) is 0 Å².